The molecule has 0 heterocycles. The van der Waals surface area contributed by atoms with Crippen LogP contribution in [0, 0.1) is 12.3 Å². The average Bonchev–Trinajstić information content (AvgIpc) is 2.20. The maximum absolute atomic E-state index is 3.40. The molecule has 2 unspecified atom stereocenters. The maximum Gasteiger partial charge on any atom is 0.0127 e. The molecule has 2 atom stereocenters. The van der Waals surface area contributed by atoms with Crippen molar-refractivity contribution in [2.24, 2.45) is 5.41 Å². The summed E-state index contributed by atoms with van der Waals surface area (Å²) < 4.78 is 0. The van der Waals surface area contributed by atoms with E-state index in [4.69, 9.17) is 0 Å². The summed E-state index contributed by atoms with van der Waals surface area (Å²) in [6, 6.07) is 9.68. The number of aryl methyl sites for hydroxylation is 1. The van der Waals surface area contributed by atoms with Crippen molar-refractivity contribution in [1.82, 2.24) is 5.32 Å². The summed E-state index contributed by atoms with van der Waals surface area (Å²) in [5, 5.41) is 3.40. The van der Waals surface area contributed by atoms with Crippen LogP contribution in [0.4, 0.5) is 0 Å². The Morgan fingerprint density at radius 1 is 1.20 bits per heavy atom. The summed E-state index contributed by atoms with van der Waals surface area (Å²) >= 11 is 0. The van der Waals surface area contributed by atoms with Crippen molar-refractivity contribution < 1.29 is 0 Å². The van der Waals surface area contributed by atoms with E-state index >= 15 is 0 Å². The fourth-order valence-corrected chi connectivity index (χ4v) is 2.78. The zero-order valence-electron chi connectivity index (χ0n) is 10.2. The maximum atomic E-state index is 3.40. The summed E-state index contributed by atoms with van der Waals surface area (Å²) in [5.74, 6) is 0.718. The van der Waals surface area contributed by atoms with Gasteiger partial charge < -0.3 is 5.32 Å². The molecule has 82 valence electrons. The second-order valence-corrected chi connectivity index (χ2v) is 5.36. The number of hydrogen-bond acceptors (Lipinski definition) is 1. The second kappa shape index (κ2) is 3.64. The lowest BCUT2D eigenvalue weighted by atomic mass is 9.56. The molecule has 1 aliphatic rings. The molecule has 0 spiro atoms. The molecule has 1 N–H and O–H groups in total. The van der Waals surface area contributed by atoms with Crippen LogP contribution in [0.5, 0.6) is 0 Å². The predicted molar refractivity (Wildman–Crippen MR) is 65.2 cm³/mol. The van der Waals surface area contributed by atoms with Crippen LogP contribution in [0.1, 0.15) is 37.3 Å². The van der Waals surface area contributed by atoms with Gasteiger partial charge >= 0.3 is 0 Å². The quantitative estimate of drug-likeness (QED) is 0.779. The fourth-order valence-electron chi connectivity index (χ4n) is 2.78. The van der Waals surface area contributed by atoms with E-state index in [1.807, 2.05) is 0 Å². The van der Waals surface area contributed by atoms with Crippen LogP contribution in [0.2, 0.25) is 0 Å². The number of rotatable bonds is 2. The van der Waals surface area contributed by atoms with Crippen molar-refractivity contribution >= 4 is 0 Å². The van der Waals surface area contributed by atoms with E-state index in [1.165, 1.54) is 17.5 Å². The highest BCUT2D eigenvalue weighted by atomic mass is 14.9. The molecular formula is C14H21N. The Bertz CT molecular complexity index is 337. The van der Waals surface area contributed by atoms with Crippen molar-refractivity contribution in [3.05, 3.63) is 35.4 Å². The van der Waals surface area contributed by atoms with Gasteiger partial charge in [0.2, 0.25) is 0 Å². The van der Waals surface area contributed by atoms with E-state index in [0.29, 0.717) is 11.5 Å². The molecule has 0 amide bonds. The molecule has 1 nitrogen and oxygen atoms in total. The van der Waals surface area contributed by atoms with Crippen molar-refractivity contribution in [2.45, 2.75) is 39.2 Å². The van der Waals surface area contributed by atoms with Gasteiger partial charge in [-0.3, -0.25) is 0 Å². The van der Waals surface area contributed by atoms with Crippen LogP contribution in [0.25, 0.3) is 0 Å². The number of benzene rings is 1. The SMILES string of the molecule is CNC1CC(c2ccc(C)cc2)C1(C)C. The van der Waals surface area contributed by atoms with Gasteiger partial charge in [-0.25, -0.2) is 0 Å². The average molecular weight is 203 g/mol. The third kappa shape index (κ3) is 1.69. The monoisotopic (exact) mass is 203 g/mol. The molecular weight excluding hydrogens is 182 g/mol. The van der Waals surface area contributed by atoms with Gasteiger partial charge in [-0.05, 0) is 37.3 Å². The van der Waals surface area contributed by atoms with E-state index in [-0.39, 0.29) is 0 Å². The van der Waals surface area contributed by atoms with Crippen molar-refractivity contribution in [1.29, 1.82) is 0 Å². The Morgan fingerprint density at radius 2 is 1.80 bits per heavy atom. The highest BCUT2D eigenvalue weighted by Gasteiger charge is 2.47. The van der Waals surface area contributed by atoms with Crippen molar-refractivity contribution in [3.63, 3.8) is 0 Å². The molecule has 0 aromatic heterocycles. The minimum absolute atomic E-state index is 0.393. The molecule has 0 saturated heterocycles. The lowest BCUT2D eigenvalue weighted by Crippen LogP contribution is -2.54. The Balaban J connectivity index is 2.17. The molecule has 1 aliphatic carbocycles. The molecule has 1 aromatic rings. The summed E-state index contributed by atoms with van der Waals surface area (Å²) in [7, 11) is 2.07. The summed E-state index contributed by atoms with van der Waals surface area (Å²) in [4.78, 5) is 0. The molecule has 1 aromatic carbocycles. The Morgan fingerprint density at radius 3 is 2.27 bits per heavy atom. The first-order valence-electron chi connectivity index (χ1n) is 5.79. The van der Waals surface area contributed by atoms with Gasteiger partial charge in [0.25, 0.3) is 0 Å². The first-order valence-corrected chi connectivity index (χ1v) is 5.79. The summed E-state index contributed by atoms with van der Waals surface area (Å²) in [6.45, 7) is 6.87. The van der Waals surface area contributed by atoms with Gasteiger partial charge in [0, 0.05) is 6.04 Å². The molecule has 1 saturated carbocycles. The fraction of sp³-hybridized carbons (Fsp3) is 0.571. The van der Waals surface area contributed by atoms with Gasteiger partial charge in [0.05, 0.1) is 0 Å². The van der Waals surface area contributed by atoms with E-state index in [9.17, 15) is 0 Å². The Kier molecular flexibility index (Phi) is 2.59. The first kappa shape index (κ1) is 10.7. The largest absolute Gasteiger partial charge is 0.316 e. The minimum Gasteiger partial charge on any atom is -0.316 e. The van der Waals surface area contributed by atoms with Crippen LogP contribution < -0.4 is 5.32 Å². The molecule has 0 radical (unpaired) electrons. The van der Waals surface area contributed by atoms with Crippen molar-refractivity contribution in [3.8, 4) is 0 Å². The molecule has 2 rings (SSSR count). The molecule has 15 heavy (non-hydrogen) atoms. The minimum atomic E-state index is 0.393. The zero-order valence-corrected chi connectivity index (χ0v) is 10.2. The normalized spacial score (nSPS) is 28.5. The van der Waals surface area contributed by atoms with E-state index in [1.54, 1.807) is 0 Å². The molecule has 0 bridgehead atoms. The molecule has 1 heteroatoms. The van der Waals surface area contributed by atoms with Gasteiger partial charge in [0.1, 0.15) is 0 Å². The lowest BCUT2D eigenvalue weighted by molar-refractivity contribution is 0.0751. The van der Waals surface area contributed by atoms with Crippen LogP contribution in [0.3, 0.4) is 0 Å². The Hall–Kier alpha value is -0.820. The van der Waals surface area contributed by atoms with E-state index < -0.39 is 0 Å². The first-order chi connectivity index (χ1) is 7.05. The summed E-state index contributed by atoms with van der Waals surface area (Å²) in [6.07, 6.45) is 1.27. The van der Waals surface area contributed by atoms with Crippen molar-refractivity contribution in [2.75, 3.05) is 7.05 Å². The Labute approximate surface area is 92.9 Å². The van der Waals surface area contributed by atoms with Gasteiger partial charge in [-0.15, -0.1) is 0 Å². The van der Waals surface area contributed by atoms with E-state index in [0.717, 1.165) is 5.92 Å². The third-order valence-corrected chi connectivity index (χ3v) is 4.10. The highest BCUT2D eigenvalue weighted by molar-refractivity contribution is 5.30. The smallest absolute Gasteiger partial charge is 0.0127 e. The van der Waals surface area contributed by atoms with Gasteiger partial charge in [0.15, 0.2) is 0 Å². The van der Waals surface area contributed by atoms with Gasteiger partial charge in [-0.1, -0.05) is 43.7 Å². The number of hydrogen-bond donors (Lipinski definition) is 1. The highest BCUT2D eigenvalue weighted by Crippen LogP contribution is 2.52. The van der Waals surface area contributed by atoms with Crippen LogP contribution in [0.15, 0.2) is 24.3 Å². The summed E-state index contributed by atoms with van der Waals surface area (Å²) in [5.41, 5.74) is 3.24. The topological polar surface area (TPSA) is 12.0 Å². The standard InChI is InChI=1S/C14H21N/c1-10-5-7-11(8-6-10)12-9-13(15-4)14(12,2)3/h5-8,12-13,15H,9H2,1-4H3. The van der Waals surface area contributed by atoms with Gasteiger partial charge in [-0.2, -0.15) is 0 Å². The zero-order chi connectivity index (χ0) is 11.1. The third-order valence-electron chi connectivity index (χ3n) is 4.10. The lowest BCUT2D eigenvalue weighted by Gasteiger charge is -2.52. The second-order valence-electron chi connectivity index (χ2n) is 5.36. The number of nitrogens with one attached hydrogen (secondary N) is 1. The van der Waals surface area contributed by atoms with E-state index in [2.05, 4.69) is 57.4 Å². The molecule has 1 fully saturated rings. The molecule has 0 aliphatic heterocycles. The van der Waals surface area contributed by atoms with Crippen LogP contribution >= 0.6 is 0 Å². The van der Waals surface area contributed by atoms with Crippen LogP contribution in [-0.2, 0) is 0 Å². The van der Waals surface area contributed by atoms with Crippen LogP contribution in [-0.4, -0.2) is 13.1 Å². The predicted octanol–water partition coefficient (Wildman–Crippen LogP) is 3.10.